The van der Waals surface area contributed by atoms with Gasteiger partial charge in [-0.2, -0.15) is 0 Å². The zero-order valence-electron chi connectivity index (χ0n) is 19.7. The van der Waals surface area contributed by atoms with Gasteiger partial charge in [0.2, 0.25) is 0 Å². The maximum absolute atomic E-state index is 13.1. The van der Waals surface area contributed by atoms with Gasteiger partial charge in [-0.25, -0.2) is 4.98 Å². The molecule has 1 N–H and O–H groups in total. The predicted molar refractivity (Wildman–Crippen MR) is 132 cm³/mol. The summed E-state index contributed by atoms with van der Waals surface area (Å²) in [6.07, 6.45) is 10.4. The first-order valence-electron chi connectivity index (χ1n) is 12.9. The summed E-state index contributed by atoms with van der Waals surface area (Å²) in [4.78, 5) is 18.2. The second kappa shape index (κ2) is 8.30. The van der Waals surface area contributed by atoms with Crippen molar-refractivity contribution in [1.29, 1.82) is 0 Å². The van der Waals surface area contributed by atoms with Crippen LogP contribution in [0.1, 0.15) is 80.5 Å². The van der Waals surface area contributed by atoms with Crippen molar-refractivity contribution in [3.63, 3.8) is 0 Å². The van der Waals surface area contributed by atoms with E-state index in [1.54, 1.807) is 0 Å². The lowest BCUT2D eigenvalue weighted by Gasteiger charge is -2.57. The highest BCUT2D eigenvalue weighted by Gasteiger charge is 2.51. The molecular weight excluding hydrogens is 406 g/mol. The fraction of sp³-hybridized carbons (Fsp3) is 0.517. The maximum Gasteiger partial charge on any atom is 0.251 e. The number of aromatic nitrogens is 2. The molecule has 0 aliphatic heterocycles. The predicted octanol–water partition coefficient (Wildman–Crippen LogP) is 6.52. The van der Waals surface area contributed by atoms with E-state index in [2.05, 4.69) is 41.1 Å². The number of hydrogen-bond donors (Lipinski definition) is 1. The average molecular weight is 442 g/mol. The van der Waals surface area contributed by atoms with Gasteiger partial charge in [0, 0.05) is 12.1 Å². The molecule has 4 aliphatic carbocycles. The summed E-state index contributed by atoms with van der Waals surface area (Å²) >= 11 is 0. The van der Waals surface area contributed by atoms with E-state index in [0.29, 0.717) is 11.0 Å². The van der Waals surface area contributed by atoms with Gasteiger partial charge in [-0.1, -0.05) is 43.7 Å². The number of carbonyl (C=O) groups is 1. The quantitative estimate of drug-likeness (QED) is 0.453. The second-order valence-electron chi connectivity index (χ2n) is 11.1. The fourth-order valence-corrected chi connectivity index (χ4v) is 7.73. The Bertz CT molecular complexity index is 1110. The molecule has 0 saturated heterocycles. The number of nitrogens with one attached hydrogen (secondary N) is 1. The fourth-order valence-electron chi connectivity index (χ4n) is 7.73. The molecule has 1 amide bonds. The molecule has 1 aromatic heterocycles. The summed E-state index contributed by atoms with van der Waals surface area (Å²) in [5.41, 5.74) is 3.39. The Kier molecular flexibility index (Phi) is 5.27. The summed E-state index contributed by atoms with van der Waals surface area (Å²) in [5.74, 6) is 3.82. The topological polar surface area (TPSA) is 46.9 Å². The molecule has 33 heavy (non-hydrogen) atoms. The monoisotopic (exact) mass is 441 g/mol. The van der Waals surface area contributed by atoms with Gasteiger partial charge in [-0.3, -0.25) is 4.79 Å². The number of hydrogen-bond acceptors (Lipinski definition) is 2. The van der Waals surface area contributed by atoms with Crippen molar-refractivity contribution < 1.29 is 4.79 Å². The lowest BCUT2D eigenvalue weighted by Crippen LogP contribution is -2.48. The minimum atomic E-state index is -0.0796. The zero-order chi connectivity index (χ0) is 22.4. The van der Waals surface area contributed by atoms with E-state index in [1.165, 1.54) is 44.0 Å². The lowest BCUT2D eigenvalue weighted by molar-refractivity contribution is -0.0618. The molecule has 4 heteroatoms. The molecule has 2 aromatic carbocycles. The first-order valence-corrected chi connectivity index (χ1v) is 12.9. The van der Waals surface area contributed by atoms with E-state index < -0.39 is 0 Å². The Balaban J connectivity index is 1.37. The molecule has 4 fully saturated rings. The van der Waals surface area contributed by atoms with E-state index in [9.17, 15) is 4.79 Å². The van der Waals surface area contributed by atoms with Crippen LogP contribution < -0.4 is 5.32 Å². The second-order valence-corrected chi connectivity index (χ2v) is 11.1. The van der Waals surface area contributed by atoms with E-state index in [-0.39, 0.29) is 11.9 Å². The maximum atomic E-state index is 13.1. The molecule has 0 unspecified atom stereocenters. The van der Waals surface area contributed by atoms with Gasteiger partial charge < -0.3 is 9.88 Å². The molecular formula is C29H35N3O. The van der Waals surface area contributed by atoms with Crippen molar-refractivity contribution in [2.24, 2.45) is 23.2 Å². The minimum Gasteiger partial charge on any atom is -0.342 e. The number of nitrogens with zero attached hydrogens (tertiary/aromatic N) is 2. The van der Waals surface area contributed by atoms with E-state index in [1.807, 2.05) is 30.3 Å². The van der Waals surface area contributed by atoms with Crippen LogP contribution >= 0.6 is 0 Å². The van der Waals surface area contributed by atoms with Crippen molar-refractivity contribution in [3.05, 3.63) is 66.0 Å². The molecule has 4 bridgehead atoms. The van der Waals surface area contributed by atoms with Crippen LogP contribution in [0.5, 0.6) is 0 Å². The van der Waals surface area contributed by atoms with Crippen LogP contribution in [0.3, 0.4) is 0 Å². The van der Waals surface area contributed by atoms with Gasteiger partial charge in [-0.05, 0) is 92.4 Å². The van der Waals surface area contributed by atoms with Gasteiger partial charge in [-0.15, -0.1) is 0 Å². The van der Waals surface area contributed by atoms with E-state index in [4.69, 9.17) is 4.98 Å². The number of para-hydroxylation sites is 2. The van der Waals surface area contributed by atoms with Crippen LogP contribution in [-0.2, 0) is 6.54 Å². The average Bonchev–Trinajstić information content (AvgIpc) is 3.16. The Morgan fingerprint density at radius 2 is 1.64 bits per heavy atom. The molecule has 1 heterocycles. The molecule has 4 saturated carbocycles. The Labute approximate surface area is 196 Å². The lowest BCUT2D eigenvalue weighted by atomic mass is 9.49. The van der Waals surface area contributed by atoms with Gasteiger partial charge in [0.15, 0.2) is 0 Å². The third kappa shape index (κ3) is 3.88. The first kappa shape index (κ1) is 20.9. The van der Waals surface area contributed by atoms with Crippen LogP contribution in [-0.4, -0.2) is 15.5 Å². The molecule has 1 atom stereocenters. The molecule has 3 aromatic rings. The van der Waals surface area contributed by atoms with Gasteiger partial charge in [0.25, 0.3) is 5.91 Å². The highest BCUT2D eigenvalue weighted by atomic mass is 16.1. The molecule has 0 radical (unpaired) electrons. The van der Waals surface area contributed by atoms with Crippen LogP contribution in [0.2, 0.25) is 0 Å². The molecule has 7 rings (SSSR count). The standard InChI is InChI=1S/C29H35N3O/c1-2-8-25(31-28(33)23-9-4-3-5-10-23)27-30-24-11-6-7-12-26(24)32(27)19-29-16-20-13-21(17-29)15-22(14-20)18-29/h3-7,9-12,20-22,25H,2,8,13-19H2,1H3,(H,31,33)/t20?,21?,22?,25-,29?/m1/s1. The third-order valence-electron chi connectivity index (χ3n) is 8.57. The highest BCUT2D eigenvalue weighted by molar-refractivity contribution is 5.94. The van der Waals surface area contributed by atoms with Crippen molar-refractivity contribution in [1.82, 2.24) is 14.9 Å². The van der Waals surface area contributed by atoms with Crippen molar-refractivity contribution in [3.8, 4) is 0 Å². The van der Waals surface area contributed by atoms with Crippen LogP contribution in [0.25, 0.3) is 11.0 Å². The summed E-state index contributed by atoms with van der Waals surface area (Å²) < 4.78 is 2.49. The smallest absolute Gasteiger partial charge is 0.251 e. The van der Waals surface area contributed by atoms with E-state index in [0.717, 1.165) is 48.5 Å². The Hall–Kier alpha value is -2.62. The third-order valence-corrected chi connectivity index (χ3v) is 8.57. The summed E-state index contributed by atoms with van der Waals surface area (Å²) in [7, 11) is 0. The van der Waals surface area contributed by atoms with Gasteiger partial charge in [0.1, 0.15) is 5.82 Å². The Morgan fingerprint density at radius 1 is 1.00 bits per heavy atom. The largest absolute Gasteiger partial charge is 0.342 e. The molecule has 172 valence electrons. The number of carbonyl (C=O) groups excluding carboxylic acids is 1. The van der Waals surface area contributed by atoms with Crippen molar-refractivity contribution in [2.75, 3.05) is 0 Å². The molecule has 4 aliphatic rings. The van der Waals surface area contributed by atoms with Crippen LogP contribution in [0, 0.1) is 23.2 Å². The summed E-state index contributed by atoms with van der Waals surface area (Å²) in [5, 5.41) is 3.34. The number of benzene rings is 2. The normalized spacial score (nSPS) is 28.8. The number of rotatable bonds is 7. The van der Waals surface area contributed by atoms with E-state index >= 15 is 0 Å². The number of amides is 1. The highest BCUT2D eigenvalue weighted by Crippen LogP contribution is 2.60. The van der Waals surface area contributed by atoms with Crippen molar-refractivity contribution in [2.45, 2.75) is 70.9 Å². The van der Waals surface area contributed by atoms with Crippen LogP contribution in [0.4, 0.5) is 0 Å². The van der Waals surface area contributed by atoms with Gasteiger partial charge in [0.05, 0.1) is 17.1 Å². The van der Waals surface area contributed by atoms with Crippen molar-refractivity contribution >= 4 is 16.9 Å². The zero-order valence-corrected chi connectivity index (χ0v) is 19.7. The van der Waals surface area contributed by atoms with Gasteiger partial charge >= 0.3 is 0 Å². The minimum absolute atomic E-state index is 0.0116. The summed E-state index contributed by atoms with van der Waals surface area (Å²) in [6, 6.07) is 18.0. The first-order chi connectivity index (χ1) is 16.1. The SMILES string of the molecule is CCC[C@@H](NC(=O)c1ccccc1)c1nc2ccccc2n1CC12CC3CC(CC(C3)C1)C2. The summed E-state index contributed by atoms with van der Waals surface area (Å²) in [6.45, 7) is 3.24. The number of fused-ring (bicyclic) bond motifs is 1. The molecule has 4 nitrogen and oxygen atoms in total. The Morgan fingerprint density at radius 3 is 2.30 bits per heavy atom. The number of imidazole rings is 1. The molecule has 0 spiro atoms. The van der Waals surface area contributed by atoms with Crippen LogP contribution in [0.15, 0.2) is 54.6 Å².